The number of piperidine rings is 1. The number of amides is 3. The molecule has 52 heavy (non-hydrogen) atoms. The SMILES string of the molecule is Cc1cc(N2CCOc3nc(-c4ccc(C(=O)NCC#Cc5cc6c(C7CCC(=O)NC7=O)nccc6o5)nc4)ncc32)cc2c1n(C)c(=O)n2C. The summed E-state index contributed by atoms with van der Waals surface area (Å²) in [5.74, 6) is 5.29. The maximum atomic E-state index is 12.8. The molecule has 0 bridgehead atoms. The molecule has 5 aromatic heterocycles. The number of imidazole rings is 1. The van der Waals surface area contributed by atoms with Crippen molar-refractivity contribution in [3.05, 3.63) is 88.2 Å². The molecule has 3 amide bonds. The standard InChI is InChI=1S/C37H31N9O6/c1-20-15-22(16-27-32(20)45(3)37(50)44(27)2)46-13-14-51-36-28(46)19-41-33(43-36)21-6-8-26(40-18-21)35(49)39-11-4-5-23-17-25-29(52-23)10-12-38-31(25)24-7-9-30(47)42-34(24)48/h6,8,10,12,15-19,24H,7,9,11,13-14H2,1-3H3,(H,39,49)(H,42,47,48). The highest BCUT2D eigenvalue weighted by Gasteiger charge is 2.31. The number of fused-ring (bicyclic) bond motifs is 3. The molecule has 1 atom stereocenters. The number of benzene rings is 1. The van der Waals surface area contributed by atoms with E-state index in [4.69, 9.17) is 9.15 Å². The van der Waals surface area contributed by atoms with Crippen LogP contribution in [0.5, 0.6) is 5.88 Å². The summed E-state index contributed by atoms with van der Waals surface area (Å²) in [6, 6.07) is 10.7. The van der Waals surface area contributed by atoms with Gasteiger partial charge in [0.25, 0.3) is 5.91 Å². The first-order chi connectivity index (χ1) is 25.2. The van der Waals surface area contributed by atoms with Crippen LogP contribution < -0.4 is 26.0 Å². The van der Waals surface area contributed by atoms with Gasteiger partial charge >= 0.3 is 5.69 Å². The Balaban J connectivity index is 0.935. The molecule has 7 heterocycles. The van der Waals surface area contributed by atoms with E-state index in [-0.39, 0.29) is 36.2 Å². The highest BCUT2D eigenvalue weighted by atomic mass is 16.5. The van der Waals surface area contributed by atoms with Crippen LogP contribution in [0.3, 0.4) is 0 Å². The predicted octanol–water partition coefficient (Wildman–Crippen LogP) is 3.01. The fourth-order valence-electron chi connectivity index (χ4n) is 6.71. The molecular weight excluding hydrogens is 666 g/mol. The highest BCUT2D eigenvalue weighted by molar-refractivity contribution is 6.02. The summed E-state index contributed by atoms with van der Waals surface area (Å²) in [7, 11) is 3.53. The Morgan fingerprint density at radius 3 is 2.73 bits per heavy atom. The van der Waals surface area contributed by atoms with E-state index < -0.39 is 11.8 Å². The number of pyridine rings is 2. The van der Waals surface area contributed by atoms with Gasteiger partial charge in [-0.1, -0.05) is 5.92 Å². The Morgan fingerprint density at radius 1 is 1.06 bits per heavy atom. The molecule has 0 aliphatic carbocycles. The van der Waals surface area contributed by atoms with E-state index in [0.717, 1.165) is 22.3 Å². The molecule has 0 radical (unpaired) electrons. The van der Waals surface area contributed by atoms with Gasteiger partial charge in [-0.05, 0) is 55.2 Å². The van der Waals surface area contributed by atoms with Crippen LogP contribution in [0.15, 0.2) is 64.2 Å². The van der Waals surface area contributed by atoms with Crippen molar-refractivity contribution in [1.29, 1.82) is 0 Å². The minimum atomic E-state index is -0.555. The summed E-state index contributed by atoms with van der Waals surface area (Å²) in [4.78, 5) is 69.4. The van der Waals surface area contributed by atoms with Gasteiger partial charge in [0.15, 0.2) is 11.6 Å². The van der Waals surface area contributed by atoms with E-state index in [1.807, 2.05) is 19.1 Å². The van der Waals surface area contributed by atoms with Gasteiger partial charge in [0.05, 0.1) is 41.9 Å². The van der Waals surface area contributed by atoms with Crippen molar-refractivity contribution in [3.63, 3.8) is 0 Å². The smallest absolute Gasteiger partial charge is 0.328 e. The maximum Gasteiger partial charge on any atom is 0.328 e. The third-order valence-corrected chi connectivity index (χ3v) is 9.28. The van der Waals surface area contributed by atoms with Gasteiger partial charge < -0.3 is 19.4 Å². The Hall–Kier alpha value is -6.82. The monoisotopic (exact) mass is 697 g/mol. The largest absolute Gasteiger partial charge is 0.474 e. The number of nitrogens with one attached hydrogen (secondary N) is 2. The lowest BCUT2D eigenvalue weighted by Gasteiger charge is -2.30. The van der Waals surface area contributed by atoms with E-state index in [0.29, 0.717) is 65.0 Å². The van der Waals surface area contributed by atoms with Gasteiger partial charge in [0.2, 0.25) is 17.7 Å². The number of furan rings is 1. The molecule has 1 fully saturated rings. The van der Waals surface area contributed by atoms with Crippen molar-refractivity contribution in [2.45, 2.75) is 25.7 Å². The van der Waals surface area contributed by atoms with Crippen LogP contribution in [0.4, 0.5) is 11.4 Å². The van der Waals surface area contributed by atoms with Crippen molar-refractivity contribution in [2.75, 3.05) is 24.6 Å². The number of aromatic nitrogens is 6. The van der Waals surface area contributed by atoms with Crippen LogP contribution >= 0.6 is 0 Å². The average molecular weight is 698 g/mol. The first-order valence-electron chi connectivity index (χ1n) is 16.6. The van der Waals surface area contributed by atoms with Crippen molar-refractivity contribution >= 4 is 51.1 Å². The van der Waals surface area contributed by atoms with E-state index in [1.165, 1.54) is 6.20 Å². The maximum absolute atomic E-state index is 12.8. The molecule has 2 N–H and O–H groups in total. The molecule has 260 valence electrons. The highest BCUT2D eigenvalue weighted by Crippen LogP contribution is 2.38. The zero-order valence-electron chi connectivity index (χ0n) is 28.4. The normalized spacial score (nSPS) is 15.5. The van der Waals surface area contributed by atoms with Gasteiger partial charge in [0.1, 0.15) is 23.6 Å². The summed E-state index contributed by atoms with van der Waals surface area (Å²) in [6.07, 6.45) is 5.40. The van der Waals surface area contributed by atoms with Gasteiger partial charge in [-0.25, -0.2) is 9.78 Å². The van der Waals surface area contributed by atoms with Crippen LogP contribution in [0.2, 0.25) is 0 Å². The van der Waals surface area contributed by atoms with Crippen LogP contribution in [0.25, 0.3) is 33.4 Å². The topological polar surface area (TPSA) is 179 Å². The Bertz CT molecular complexity index is 2570. The molecule has 6 aromatic rings. The number of carbonyl (C=O) groups is 3. The molecule has 2 aliphatic rings. The van der Waals surface area contributed by atoms with Crippen LogP contribution in [-0.4, -0.2) is 66.5 Å². The zero-order valence-corrected chi connectivity index (χ0v) is 28.4. The fraction of sp³-hybridized carbons (Fsp3) is 0.243. The molecule has 15 heteroatoms. The second-order valence-corrected chi connectivity index (χ2v) is 12.6. The Morgan fingerprint density at radius 2 is 1.92 bits per heavy atom. The average Bonchev–Trinajstić information content (AvgIpc) is 3.67. The fourth-order valence-corrected chi connectivity index (χ4v) is 6.71. The van der Waals surface area contributed by atoms with Gasteiger partial charge in [-0.2, -0.15) is 4.98 Å². The molecule has 0 saturated carbocycles. The minimum Gasteiger partial charge on any atom is -0.474 e. The van der Waals surface area contributed by atoms with E-state index in [2.05, 4.69) is 47.3 Å². The number of hydrogen-bond acceptors (Lipinski definition) is 11. The number of imide groups is 1. The Labute approximate surface area is 295 Å². The molecule has 0 spiro atoms. The first kappa shape index (κ1) is 32.4. The van der Waals surface area contributed by atoms with E-state index in [1.54, 1.807) is 59.9 Å². The van der Waals surface area contributed by atoms with Crippen LogP contribution in [-0.2, 0) is 23.7 Å². The van der Waals surface area contributed by atoms with Crippen molar-refractivity contribution in [3.8, 4) is 29.1 Å². The summed E-state index contributed by atoms with van der Waals surface area (Å²) >= 11 is 0. The van der Waals surface area contributed by atoms with Crippen molar-refractivity contribution in [1.82, 2.24) is 39.7 Å². The molecule has 8 rings (SSSR count). The lowest BCUT2D eigenvalue weighted by molar-refractivity contribution is -0.134. The summed E-state index contributed by atoms with van der Waals surface area (Å²) in [5, 5.41) is 5.74. The van der Waals surface area contributed by atoms with Gasteiger partial charge in [-0.15, -0.1) is 0 Å². The third-order valence-electron chi connectivity index (χ3n) is 9.28. The molecular formula is C37H31N9O6. The van der Waals surface area contributed by atoms with E-state index >= 15 is 0 Å². The van der Waals surface area contributed by atoms with Gasteiger partial charge in [0, 0.05) is 55.6 Å². The summed E-state index contributed by atoms with van der Waals surface area (Å²) < 4.78 is 15.0. The van der Waals surface area contributed by atoms with Crippen LogP contribution in [0, 0.1) is 18.8 Å². The molecule has 15 nitrogen and oxygen atoms in total. The number of anilines is 2. The number of rotatable bonds is 5. The number of ether oxygens (including phenoxy) is 1. The van der Waals surface area contributed by atoms with Crippen molar-refractivity contribution < 1.29 is 23.5 Å². The second kappa shape index (κ2) is 12.8. The number of hydrogen-bond donors (Lipinski definition) is 2. The number of aryl methyl sites for hydroxylation is 3. The molecule has 1 saturated heterocycles. The third kappa shape index (κ3) is 5.69. The Kier molecular flexibility index (Phi) is 7.98. The lowest BCUT2D eigenvalue weighted by atomic mass is 9.92. The van der Waals surface area contributed by atoms with E-state index in [9.17, 15) is 19.2 Å². The van der Waals surface area contributed by atoms with Crippen molar-refractivity contribution in [2.24, 2.45) is 14.1 Å². The molecule has 1 aromatic carbocycles. The van der Waals surface area contributed by atoms with Gasteiger partial charge in [-0.3, -0.25) is 38.8 Å². The quantitative estimate of drug-likeness (QED) is 0.200. The number of nitrogens with zero attached hydrogens (tertiary/aromatic N) is 7. The summed E-state index contributed by atoms with van der Waals surface area (Å²) in [5.41, 5.74) is 6.07. The predicted molar refractivity (Wildman–Crippen MR) is 189 cm³/mol. The second-order valence-electron chi connectivity index (χ2n) is 12.6. The summed E-state index contributed by atoms with van der Waals surface area (Å²) in [6.45, 7) is 3.01. The molecule has 1 unspecified atom stereocenters. The van der Waals surface area contributed by atoms with Crippen LogP contribution in [0.1, 0.15) is 46.3 Å². The molecule has 2 aliphatic heterocycles. The lowest BCUT2D eigenvalue weighted by Crippen LogP contribution is -2.39. The number of carbonyl (C=O) groups excluding carboxylic acids is 3. The zero-order chi connectivity index (χ0) is 36.1. The minimum absolute atomic E-state index is 0.0341. The first-order valence-corrected chi connectivity index (χ1v) is 16.6.